The molecule has 5 aromatic rings. The summed E-state index contributed by atoms with van der Waals surface area (Å²) in [6, 6.07) is 25.7. The molecule has 6 nitrogen and oxygen atoms in total. The van der Waals surface area contributed by atoms with E-state index in [1.165, 1.54) is 36.4 Å². The summed E-state index contributed by atoms with van der Waals surface area (Å²) < 4.78 is 56.8. The second-order valence-electron chi connectivity index (χ2n) is 9.32. The van der Waals surface area contributed by atoms with Gasteiger partial charge in [0, 0.05) is 10.3 Å². The molecule has 0 aliphatic heterocycles. The molecule has 5 rings (SSSR count). The molecule has 1 heterocycles. The average Bonchev–Trinajstić information content (AvgIpc) is 2.89. The molecule has 0 aliphatic carbocycles. The number of rotatable bonds is 6. The Labute approximate surface area is 231 Å². The molecule has 0 radical (unpaired) electrons. The highest BCUT2D eigenvalue weighted by atomic mass is 32.3. The predicted molar refractivity (Wildman–Crippen MR) is 157 cm³/mol. The van der Waals surface area contributed by atoms with Crippen LogP contribution in [0.4, 0.5) is 5.69 Å². The Hall–Kier alpha value is -3.79. The minimum Gasteiger partial charge on any atom is -0.277 e. The second-order valence-corrected chi connectivity index (χ2v) is 14.1. The topological polar surface area (TPSA) is 88.6 Å². The first kappa shape index (κ1) is 26.8. The molecule has 9 heteroatoms. The molecule has 4 aromatic carbocycles. The van der Waals surface area contributed by atoms with Crippen molar-refractivity contribution in [3.63, 3.8) is 0 Å². The van der Waals surface area contributed by atoms with E-state index in [4.69, 9.17) is 0 Å². The maximum absolute atomic E-state index is 14.0. The lowest BCUT2D eigenvalue weighted by atomic mass is 10.0. The van der Waals surface area contributed by atoms with Gasteiger partial charge in [-0.15, -0.1) is 0 Å². The largest absolute Gasteiger partial charge is 0.277 e. The van der Waals surface area contributed by atoms with Gasteiger partial charge in [0.15, 0.2) is 0 Å². The van der Waals surface area contributed by atoms with Crippen LogP contribution in [0.2, 0.25) is 0 Å². The Morgan fingerprint density at radius 2 is 1.15 bits per heavy atom. The first-order valence-corrected chi connectivity index (χ1v) is 15.8. The molecule has 0 saturated carbocycles. The summed E-state index contributed by atoms with van der Waals surface area (Å²) in [7, 11) is -9.09. The number of fused-ring (bicyclic) bond motifs is 1. The lowest BCUT2D eigenvalue weighted by molar-refractivity contribution is 0.584. The van der Waals surface area contributed by atoms with Crippen LogP contribution in [0.15, 0.2) is 112 Å². The van der Waals surface area contributed by atoms with Gasteiger partial charge in [-0.05, 0) is 85.8 Å². The van der Waals surface area contributed by atoms with Crippen molar-refractivity contribution in [3.05, 3.63) is 123 Å². The number of aryl methyl sites for hydroxylation is 3. The number of hydrogen-bond donors (Lipinski definition) is 0. The van der Waals surface area contributed by atoms with Crippen molar-refractivity contribution in [2.24, 2.45) is 0 Å². The van der Waals surface area contributed by atoms with Crippen LogP contribution >= 0.6 is 11.3 Å². The number of anilines is 1. The summed E-state index contributed by atoms with van der Waals surface area (Å²) in [5.74, 6) is 0. The van der Waals surface area contributed by atoms with Gasteiger partial charge in [0.25, 0.3) is 20.0 Å². The van der Waals surface area contributed by atoms with Crippen LogP contribution in [0.1, 0.15) is 16.7 Å². The minimum absolute atomic E-state index is 0.0507. The molecule has 39 heavy (non-hydrogen) atoms. The second kappa shape index (κ2) is 10.1. The van der Waals surface area contributed by atoms with Crippen LogP contribution in [0.5, 0.6) is 0 Å². The van der Waals surface area contributed by atoms with E-state index in [2.05, 4.69) is 0 Å². The maximum Gasteiger partial charge on any atom is 0.277 e. The summed E-state index contributed by atoms with van der Waals surface area (Å²) in [6.45, 7) is 5.54. The van der Waals surface area contributed by atoms with Gasteiger partial charge in [0.05, 0.1) is 15.5 Å². The van der Waals surface area contributed by atoms with Crippen molar-refractivity contribution >= 4 is 47.2 Å². The number of nitrogens with zero attached hydrogens (tertiary/aromatic N) is 1. The molecule has 198 valence electrons. The number of benzene rings is 4. The lowest BCUT2D eigenvalue weighted by Crippen LogP contribution is -2.37. The van der Waals surface area contributed by atoms with Gasteiger partial charge in [-0.3, -0.25) is 4.79 Å². The van der Waals surface area contributed by atoms with E-state index in [0.717, 1.165) is 33.6 Å². The summed E-state index contributed by atoms with van der Waals surface area (Å²) >= 11 is 1.03. The monoisotopic (exact) mass is 575 g/mol. The third-order valence-electron chi connectivity index (χ3n) is 6.44. The summed E-state index contributed by atoms with van der Waals surface area (Å²) in [5, 5.41) is 0.554. The highest BCUT2D eigenvalue weighted by molar-refractivity contribution is 8.10. The number of hydrogen-bond acceptors (Lipinski definition) is 6. The molecule has 0 saturated heterocycles. The van der Waals surface area contributed by atoms with Gasteiger partial charge in [0.1, 0.15) is 0 Å². The third-order valence-corrected chi connectivity index (χ3v) is 11.6. The van der Waals surface area contributed by atoms with Gasteiger partial charge >= 0.3 is 0 Å². The zero-order chi connectivity index (χ0) is 27.9. The Kier molecular flexibility index (Phi) is 6.92. The molecule has 0 fully saturated rings. The van der Waals surface area contributed by atoms with Crippen LogP contribution in [0.25, 0.3) is 21.2 Å². The van der Waals surface area contributed by atoms with E-state index in [1.807, 2.05) is 45.0 Å². The predicted octanol–water partition coefficient (Wildman–Crippen LogP) is 6.44. The van der Waals surface area contributed by atoms with E-state index in [9.17, 15) is 21.6 Å². The lowest BCUT2D eigenvalue weighted by Gasteiger charge is -2.24. The minimum atomic E-state index is -4.55. The highest BCUT2D eigenvalue weighted by Crippen LogP contribution is 2.35. The summed E-state index contributed by atoms with van der Waals surface area (Å²) in [6.07, 6.45) is 0. The zero-order valence-corrected chi connectivity index (χ0v) is 23.9. The van der Waals surface area contributed by atoms with Crippen LogP contribution < -0.4 is 8.45 Å². The molecule has 0 amide bonds. The molecule has 0 N–H and O–H groups in total. The molecule has 0 bridgehead atoms. The van der Waals surface area contributed by atoms with Crippen LogP contribution in [-0.2, 0) is 20.0 Å². The third kappa shape index (κ3) is 5.01. The molecular weight excluding hydrogens is 551 g/mol. The fraction of sp³-hybridized carbons (Fsp3) is 0.100. The van der Waals surface area contributed by atoms with Crippen molar-refractivity contribution in [2.75, 3.05) is 3.71 Å². The average molecular weight is 576 g/mol. The molecular formula is C30H25NO5S3. The van der Waals surface area contributed by atoms with Gasteiger partial charge in [0.2, 0.25) is 4.74 Å². The van der Waals surface area contributed by atoms with Crippen molar-refractivity contribution in [2.45, 2.75) is 30.6 Å². The highest BCUT2D eigenvalue weighted by Gasteiger charge is 2.37. The Morgan fingerprint density at radius 1 is 0.615 bits per heavy atom. The SMILES string of the molecule is Cc1ccc(S(=O)(=O)N(c2ccc3sc(=O)c(-c4ccccc4C)cc3c2)S(=O)(=O)c2ccc(C)cc2)cc1. The number of sulfonamides is 2. The fourth-order valence-corrected chi connectivity index (χ4v) is 8.83. The molecule has 0 unspecified atom stereocenters. The molecule has 0 atom stereocenters. The van der Waals surface area contributed by atoms with Gasteiger partial charge in [-0.25, -0.2) is 16.8 Å². The molecule has 0 aliphatic rings. The van der Waals surface area contributed by atoms with E-state index < -0.39 is 20.0 Å². The van der Waals surface area contributed by atoms with Crippen LogP contribution in [0.3, 0.4) is 0 Å². The first-order valence-electron chi connectivity index (χ1n) is 12.1. The van der Waals surface area contributed by atoms with Crippen LogP contribution in [-0.4, -0.2) is 16.8 Å². The van der Waals surface area contributed by atoms with Crippen molar-refractivity contribution < 1.29 is 16.8 Å². The molecule has 0 spiro atoms. The first-order chi connectivity index (χ1) is 18.5. The van der Waals surface area contributed by atoms with Crippen molar-refractivity contribution in [1.29, 1.82) is 0 Å². The maximum atomic E-state index is 14.0. The van der Waals surface area contributed by atoms with Gasteiger partial charge in [-0.2, -0.15) is 3.71 Å². The van der Waals surface area contributed by atoms with Crippen molar-refractivity contribution in [3.8, 4) is 11.1 Å². The molecule has 1 aromatic heterocycles. The fourth-order valence-electron chi connectivity index (χ4n) is 4.31. The van der Waals surface area contributed by atoms with E-state index in [1.54, 1.807) is 36.4 Å². The van der Waals surface area contributed by atoms with Gasteiger partial charge in [-0.1, -0.05) is 71.0 Å². The van der Waals surface area contributed by atoms with E-state index in [-0.39, 0.29) is 20.2 Å². The Bertz CT molecular complexity index is 1900. The summed E-state index contributed by atoms with van der Waals surface area (Å²) in [4.78, 5) is 12.7. The zero-order valence-electron chi connectivity index (χ0n) is 21.5. The van der Waals surface area contributed by atoms with E-state index >= 15 is 0 Å². The standard InChI is InChI=1S/C30H25NO5S3/c1-20-8-13-25(14-9-20)38(33,34)31(39(35,36)26-15-10-21(2)11-16-26)24-12-17-29-23(18-24)19-28(30(32)37-29)27-7-5-4-6-22(27)3/h4-19H,1-3H3. The van der Waals surface area contributed by atoms with Gasteiger partial charge < -0.3 is 0 Å². The Balaban J connectivity index is 1.76. The van der Waals surface area contributed by atoms with E-state index in [0.29, 0.717) is 19.4 Å². The summed E-state index contributed by atoms with van der Waals surface area (Å²) in [5.41, 5.74) is 3.78. The Morgan fingerprint density at radius 3 is 1.69 bits per heavy atom. The normalized spacial score (nSPS) is 12.0. The van der Waals surface area contributed by atoms with Crippen LogP contribution in [0, 0.1) is 20.8 Å². The smallest absolute Gasteiger partial charge is 0.277 e. The van der Waals surface area contributed by atoms with Crippen molar-refractivity contribution in [1.82, 2.24) is 0 Å². The quantitative estimate of drug-likeness (QED) is 0.233.